The average Bonchev–Trinajstić information content (AvgIpc) is 2.70. The van der Waals surface area contributed by atoms with Gasteiger partial charge in [-0.1, -0.05) is 37.6 Å². The highest BCUT2D eigenvalue weighted by atomic mass is 32.2. The average molecular weight is 231 g/mol. The van der Waals surface area contributed by atoms with Gasteiger partial charge in [-0.25, -0.2) is 0 Å². The van der Waals surface area contributed by atoms with E-state index in [1.807, 2.05) is 13.2 Å². The first-order chi connectivity index (χ1) is 7.27. The topological polar surface area (TPSA) is 38.3 Å². The van der Waals surface area contributed by atoms with Crippen LogP contribution in [0.3, 0.4) is 0 Å². The van der Waals surface area contributed by atoms with Crippen molar-refractivity contribution in [3.05, 3.63) is 0 Å². The molecule has 0 aromatic carbocycles. The highest BCUT2D eigenvalue weighted by Crippen LogP contribution is 2.29. The number of nitrogens with one attached hydrogen (secondary N) is 1. The minimum Gasteiger partial charge on any atom is -0.369 e. The zero-order chi connectivity index (χ0) is 11.1. The lowest BCUT2D eigenvalue weighted by atomic mass is 10.00. The van der Waals surface area contributed by atoms with E-state index in [2.05, 4.69) is 4.72 Å². The number of hydrogen-bond acceptors (Lipinski definition) is 3. The quantitative estimate of drug-likeness (QED) is 0.713. The van der Waals surface area contributed by atoms with Crippen LogP contribution >= 0.6 is 11.9 Å². The number of carbonyl (C=O) groups is 1. The first-order valence-electron chi connectivity index (χ1n) is 5.72. The highest BCUT2D eigenvalue weighted by Gasteiger charge is 2.25. The lowest BCUT2D eigenvalue weighted by Gasteiger charge is -2.19. The summed E-state index contributed by atoms with van der Waals surface area (Å²) in [6.07, 6.45) is 7.65. The first-order valence-corrected chi connectivity index (χ1v) is 6.94. The van der Waals surface area contributed by atoms with Crippen molar-refractivity contribution in [2.75, 3.05) is 12.9 Å². The van der Waals surface area contributed by atoms with Gasteiger partial charge in [0.2, 0.25) is 0 Å². The molecule has 0 bridgehead atoms. The maximum atomic E-state index is 11.7. The Morgan fingerprint density at radius 2 is 2.20 bits per heavy atom. The van der Waals surface area contributed by atoms with E-state index in [-0.39, 0.29) is 12.0 Å². The summed E-state index contributed by atoms with van der Waals surface area (Å²) in [5, 5.41) is 0. The molecule has 4 heteroatoms. The van der Waals surface area contributed by atoms with E-state index < -0.39 is 0 Å². The standard InChI is InChI=1S/C11H21NO2S/c1-3-14-10(11(13)12-15-2)8-9-6-4-5-7-9/h9-10H,3-8H2,1-2H3,(H,12,13). The van der Waals surface area contributed by atoms with Gasteiger partial charge in [-0.05, 0) is 19.3 Å². The van der Waals surface area contributed by atoms with Crippen LogP contribution in [0, 0.1) is 5.92 Å². The van der Waals surface area contributed by atoms with Gasteiger partial charge in [-0.15, -0.1) is 0 Å². The fraction of sp³-hybridized carbons (Fsp3) is 0.909. The highest BCUT2D eigenvalue weighted by molar-refractivity contribution is 7.97. The van der Waals surface area contributed by atoms with Gasteiger partial charge in [0.05, 0.1) is 0 Å². The summed E-state index contributed by atoms with van der Waals surface area (Å²) in [7, 11) is 0. The van der Waals surface area contributed by atoms with Crippen LogP contribution < -0.4 is 4.72 Å². The molecule has 1 atom stereocenters. The Labute approximate surface area is 96.5 Å². The van der Waals surface area contributed by atoms with Crippen LogP contribution in [-0.2, 0) is 9.53 Å². The van der Waals surface area contributed by atoms with Crippen LogP contribution in [0.2, 0.25) is 0 Å². The fourth-order valence-corrected chi connectivity index (χ4v) is 2.50. The summed E-state index contributed by atoms with van der Waals surface area (Å²) in [5.74, 6) is 0.713. The van der Waals surface area contributed by atoms with Gasteiger partial charge < -0.3 is 4.74 Å². The summed E-state index contributed by atoms with van der Waals surface area (Å²) >= 11 is 1.34. The maximum absolute atomic E-state index is 11.7. The lowest BCUT2D eigenvalue weighted by Crippen LogP contribution is -2.34. The SMILES string of the molecule is CCOC(CC1CCCC1)C(=O)NSC. The first kappa shape index (κ1) is 12.8. The molecule has 0 aromatic rings. The molecule has 1 aliphatic carbocycles. The Morgan fingerprint density at radius 3 is 2.73 bits per heavy atom. The Morgan fingerprint density at radius 1 is 1.53 bits per heavy atom. The van der Waals surface area contributed by atoms with E-state index in [0.717, 1.165) is 6.42 Å². The molecule has 1 N–H and O–H groups in total. The van der Waals surface area contributed by atoms with Crippen LogP contribution in [0.5, 0.6) is 0 Å². The maximum Gasteiger partial charge on any atom is 0.258 e. The van der Waals surface area contributed by atoms with Gasteiger partial charge in [0.1, 0.15) is 6.10 Å². The third kappa shape index (κ3) is 4.43. The van der Waals surface area contributed by atoms with E-state index >= 15 is 0 Å². The predicted octanol–water partition coefficient (Wildman–Crippen LogP) is 2.37. The van der Waals surface area contributed by atoms with Crippen molar-refractivity contribution in [1.29, 1.82) is 0 Å². The van der Waals surface area contributed by atoms with Gasteiger partial charge >= 0.3 is 0 Å². The Kier molecular flexibility index (Phi) is 6.10. The van der Waals surface area contributed by atoms with Gasteiger partial charge in [-0.2, -0.15) is 0 Å². The summed E-state index contributed by atoms with van der Waals surface area (Å²) in [6, 6.07) is 0. The summed E-state index contributed by atoms with van der Waals surface area (Å²) < 4.78 is 8.25. The number of carbonyl (C=O) groups excluding carboxylic acids is 1. The molecule has 88 valence electrons. The Hall–Kier alpha value is -0.220. The lowest BCUT2D eigenvalue weighted by molar-refractivity contribution is -0.131. The van der Waals surface area contributed by atoms with Gasteiger partial charge in [0.25, 0.3) is 5.91 Å². The van der Waals surface area contributed by atoms with E-state index in [1.54, 1.807) is 0 Å². The van der Waals surface area contributed by atoms with Gasteiger partial charge in [0, 0.05) is 12.9 Å². The Bertz CT molecular complexity index is 193. The molecular formula is C11H21NO2S. The largest absolute Gasteiger partial charge is 0.369 e. The molecule has 1 saturated carbocycles. The van der Waals surface area contributed by atoms with Crippen LogP contribution in [0.15, 0.2) is 0 Å². The molecule has 0 aliphatic heterocycles. The van der Waals surface area contributed by atoms with Gasteiger partial charge in [-0.3, -0.25) is 9.52 Å². The molecule has 1 aliphatic rings. The molecule has 1 fully saturated rings. The second-order valence-corrected chi connectivity index (χ2v) is 4.61. The molecule has 15 heavy (non-hydrogen) atoms. The third-order valence-electron chi connectivity index (χ3n) is 2.89. The molecular weight excluding hydrogens is 210 g/mol. The van der Waals surface area contributed by atoms with Crippen LogP contribution in [0.25, 0.3) is 0 Å². The molecule has 1 rings (SSSR count). The van der Waals surface area contributed by atoms with Crippen molar-refractivity contribution < 1.29 is 9.53 Å². The molecule has 1 amide bonds. The van der Waals surface area contributed by atoms with Crippen LogP contribution in [0.1, 0.15) is 39.0 Å². The van der Waals surface area contributed by atoms with Crippen molar-refractivity contribution in [2.45, 2.75) is 45.1 Å². The van der Waals surface area contributed by atoms with E-state index in [1.165, 1.54) is 37.6 Å². The zero-order valence-electron chi connectivity index (χ0n) is 9.62. The second-order valence-electron chi connectivity index (χ2n) is 4.00. The van der Waals surface area contributed by atoms with Crippen molar-refractivity contribution >= 4 is 17.9 Å². The molecule has 0 heterocycles. The minimum absolute atomic E-state index is 0.0243. The number of amides is 1. The summed E-state index contributed by atoms with van der Waals surface area (Å²) in [6.45, 7) is 2.55. The molecule has 3 nitrogen and oxygen atoms in total. The normalized spacial score (nSPS) is 19.1. The van der Waals surface area contributed by atoms with E-state index in [9.17, 15) is 4.79 Å². The monoisotopic (exact) mass is 231 g/mol. The third-order valence-corrected chi connectivity index (χ3v) is 3.29. The smallest absolute Gasteiger partial charge is 0.258 e. The molecule has 1 unspecified atom stereocenters. The van der Waals surface area contributed by atoms with Crippen LogP contribution in [0.4, 0.5) is 0 Å². The molecule has 0 spiro atoms. The second kappa shape index (κ2) is 7.12. The van der Waals surface area contributed by atoms with E-state index in [0.29, 0.717) is 12.5 Å². The number of hydrogen-bond donors (Lipinski definition) is 1. The van der Waals surface area contributed by atoms with Crippen LogP contribution in [-0.4, -0.2) is 24.9 Å². The summed E-state index contributed by atoms with van der Waals surface area (Å²) in [5.41, 5.74) is 0. The van der Waals surface area contributed by atoms with Crippen molar-refractivity contribution in [3.8, 4) is 0 Å². The molecule has 0 aromatic heterocycles. The fourth-order valence-electron chi connectivity index (χ4n) is 2.17. The number of ether oxygens (including phenoxy) is 1. The number of rotatable bonds is 6. The van der Waals surface area contributed by atoms with Crippen molar-refractivity contribution in [1.82, 2.24) is 4.72 Å². The van der Waals surface area contributed by atoms with Crippen molar-refractivity contribution in [2.24, 2.45) is 5.92 Å². The predicted molar refractivity (Wildman–Crippen MR) is 63.6 cm³/mol. The Balaban J connectivity index is 2.37. The zero-order valence-corrected chi connectivity index (χ0v) is 10.4. The molecule has 0 saturated heterocycles. The molecule has 0 radical (unpaired) electrons. The minimum atomic E-state index is -0.245. The van der Waals surface area contributed by atoms with E-state index in [4.69, 9.17) is 4.74 Å². The van der Waals surface area contributed by atoms with Gasteiger partial charge in [0.15, 0.2) is 0 Å². The summed E-state index contributed by atoms with van der Waals surface area (Å²) in [4.78, 5) is 11.7. The van der Waals surface area contributed by atoms with Crippen molar-refractivity contribution in [3.63, 3.8) is 0 Å².